The first-order valence-electron chi connectivity index (χ1n) is 6.70. The minimum absolute atomic E-state index is 0.414. The number of benzene rings is 2. The standard InChI is InChI=1S/C17H17NO4/c1-18(2)17(20)22-16-13(10-11-15(19)21-3)9-8-12-6-4-5-7-14(12)16/h4-11H,1-3H3/b11-10+. The highest BCUT2D eigenvalue weighted by Gasteiger charge is 2.13. The Morgan fingerprint density at radius 2 is 1.82 bits per heavy atom. The summed E-state index contributed by atoms with van der Waals surface area (Å²) in [6.45, 7) is 0. The molecule has 0 saturated heterocycles. The molecule has 0 aliphatic carbocycles. The van der Waals surface area contributed by atoms with Gasteiger partial charge in [0, 0.05) is 31.1 Å². The molecule has 5 heteroatoms. The topological polar surface area (TPSA) is 55.8 Å². The molecule has 0 aromatic heterocycles. The zero-order chi connectivity index (χ0) is 16.1. The minimum atomic E-state index is -0.482. The third-order valence-corrected chi connectivity index (χ3v) is 3.06. The van der Waals surface area contributed by atoms with Gasteiger partial charge in [-0.3, -0.25) is 0 Å². The van der Waals surface area contributed by atoms with Crippen molar-refractivity contribution >= 4 is 28.9 Å². The van der Waals surface area contributed by atoms with E-state index in [1.165, 1.54) is 18.1 Å². The number of carbonyl (C=O) groups excluding carboxylic acids is 2. The third kappa shape index (κ3) is 3.44. The van der Waals surface area contributed by atoms with E-state index in [0.29, 0.717) is 11.3 Å². The van der Waals surface area contributed by atoms with Gasteiger partial charge in [0.25, 0.3) is 0 Å². The van der Waals surface area contributed by atoms with Crippen molar-refractivity contribution < 1.29 is 19.1 Å². The van der Waals surface area contributed by atoms with Crippen molar-refractivity contribution in [1.29, 1.82) is 0 Å². The van der Waals surface area contributed by atoms with E-state index in [4.69, 9.17) is 4.74 Å². The zero-order valence-corrected chi connectivity index (χ0v) is 12.7. The second-order valence-electron chi connectivity index (χ2n) is 4.82. The van der Waals surface area contributed by atoms with Gasteiger partial charge in [-0.25, -0.2) is 9.59 Å². The summed E-state index contributed by atoms with van der Waals surface area (Å²) in [5, 5.41) is 1.74. The van der Waals surface area contributed by atoms with Gasteiger partial charge in [0.1, 0.15) is 5.75 Å². The summed E-state index contributed by atoms with van der Waals surface area (Å²) in [6, 6.07) is 11.3. The van der Waals surface area contributed by atoms with Crippen LogP contribution in [0.3, 0.4) is 0 Å². The van der Waals surface area contributed by atoms with Gasteiger partial charge in [0.05, 0.1) is 7.11 Å². The molecular formula is C17H17NO4. The molecule has 0 bridgehead atoms. The lowest BCUT2D eigenvalue weighted by Crippen LogP contribution is -2.25. The molecule has 1 amide bonds. The van der Waals surface area contributed by atoms with Crippen molar-refractivity contribution in [3.63, 3.8) is 0 Å². The van der Waals surface area contributed by atoms with E-state index in [2.05, 4.69) is 4.74 Å². The van der Waals surface area contributed by atoms with Crippen LogP contribution in [0.2, 0.25) is 0 Å². The summed E-state index contributed by atoms with van der Waals surface area (Å²) in [4.78, 5) is 24.5. The van der Waals surface area contributed by atoms with Crippen LogP contribution in [0.1, 0.15) is 5.56 Å². The molecule has 2 aromatic carbocycles. The molecule has 0 atom stereocenters. The van der Waals surface area contributed by atoms with Gasteiger partial charge in [0.15, 0.2) is 0 Å². The molecule has 0 heterocycles. The van der Waals surface area contributed by atoms with E-state index >= 15 is 0 Å². The Hall–Kier alpha value is -2.82. The maximum absolute atomic E-state index is 11.9. The molecule has 0 fully saturated rings. The maximum atomic E-state index is 11.9. The van der Waals surface area contributed by atoms with Crippen molar-refractivity contribution in [1.82, 2.24) is 4.90 Å². The first-order chi connectivity index (χ1) is 10.5. The second kappa shape index (κ2) is 6.76. The smallest absolute Gasteiger partial charge is 0.414 e. The Morgan fingerprint density at radius 3 is 2.50 bits per heavy atom. The zero-order valence-electron chi connectivity index (χ0n) is 12.7. The highest BCUT2D eigenvalue weighted by atomic mass is 16.6. The molecule has 0 aliphatic rings. The number of carbonyl (C=O) groups is 2. The van der Waals surface area contributed by atoms with Crippen LogP contribution in [0, 0.1) is 0 Å². The SMILES string of the molecule is COC(=O)/C=C/c1ccc2ccccc2c1OC(=O)N(C)C. The van der Waals surface area contributed by atoms with E-state index in [1.54, 1.807) is 26.2 Å². The molecule has 0 spiro atoms. The number of methoxy groups -OCH3 is 1. The number of esters is 1. The van der Waals surface area contributed by atoms with Crippen LogP contribution < -0.4 is 4.74 Å². The summed E-state index contributed by atoms with van der Waals surface area (Å²) in [5.41, 5.74) is 0.624. The Labute approximate surface area is 128 Å². The Morgan fingerprint density at radius 1 is 1.09 bits per heavy atom. The highest BCUT2D eigenvalue weighted by Crippen LogP contribution is 2.31. The Kier molecular flexibility index (Phi) is 4.78. The predicted molar refractivity (Wildman–Crippen MR) is 84.7 cm³/mol. The molecule has 5 nitrogen and oxygen atoms in total. The highest BCUT2D eigenvalue weighted by molar-refractivity contribution is 5.95. The van der Waals surface area contributed by atoms with E-state index in [-0.39, 0.29) is 0 Å². The average molecular weight is 299 g/mol. The average Bonchev–Trinajstić information content (AvgIpc) is 2.53. The summed E-state index contributed by atoms with van der Waals surface area (Å²) in [7, 11) is 4.52. The summed E-state index contributed by atoms with van der Waals surface area (Å²) in [6.07, 6.45) is 2.37. The first kappa shape index (κ1) is 15.6. The van der Waals surface area contributed by atoms with Crippen LogP contribution >= 0.6 is 0 Å². The molecule has 0 saturated carbocycles. The van der Waals surface area contributed by atoms with Gasteiger partial charge >= 0.3 is 12.1 Å². The molecular weight excluding hydrogens is 282 g/mol. The van der Waals surface area contributed by atoms with Crippen LogP contribution in [-0.2, 0) is 9.53 Å². The summed E-state index contributed by atoms with van der Waals surface area (Å²) < 4.78 is 10.0. The van der Waals surface area contributed by atoms with Crippen molar-refractivity contribution in [3.8, 4) is 5.75 Å². The number of ether oxygens (including phenoxy) is 2. The van der Waals surface area contributed by atoms with Gasteiger partial charge in [-0.05, 0) is 11.5 Å². The van der Waals surface area contributed by atoms with Crippen LogP contribution in [0.5, 0.6) is 5.75 Å². The number of nitrogens with zero attached hydrogens (tertiary/aromatic N) is 1. The normalized spacial score (nSPS) is 10.7. The number of fused-ring (bicyclic) bond motifs is 1. The Balaban J connectivity index is 2.52. The molecule has 2 rings (SSSR count). The van der Waals surface area contributed by atoms with Gasteiger partial charge in [-0.2, -0.15) is 0 Å². The Bertz CT molecular complexity index is 735. The third-order valence-electron chi connectivity index (χ3n) is 3.06. The van der Waals surface area contributed by atoms with Crippen molar-refractivity contribution in [2.24, 2.45) is 0 Å². The van der Waals surface area contributed by atoms with Crippen molar-refractivity contribution in [2.45, 2.75) is 0 Å². The lowest BCUT2D eigenvalue weighted by Gasteiger charge is -2.14. The molecule has 0 aliphatic heterocycles. The minimum Gasteiger partial charge on any atom is -0.466 e. The maximum Gasteiger partial charge on any atom is 0.414 e. The number of hydrogen-bond acceptors (Lipinski definition) is 4. The summed E-state index contributed by atoms with van der Waals surface area (Å²) >= 11 is 0. The molecule has 22 heavy (non-hydrogen) atoms. The fourth-order valence-electron chi connectivity index (χ4n) is 1.91. The monoisotopic (exact) mass is 299 g/mol. The lowest BCUT2D eigenvalue weighted by atomic mass is 10.0. The number of amides is 1. The number of rotatable bonds is 3. The summed E-state index contributed by atoms with van der Waals surface area (Å²) in [5.74, 6) is -0.0602. The molecule has 2 aromatic rings. The van der Waals surface area contributed by atoms with Crippen molar-refractivity contribution in [2.75, 3.05) is 21.2 Å². The lowest BCUT2D eigenvalue weighted by molar-refractivity contribution is -0.134. The predicted octanol–water partition coefficient (Wildman–Crippen LogP) is 3.09. The fraction of sp³-hybridized carbons (Fsp3) is 0.176. The molecule has 0 N–H and O–H groups in total. The van der Waals surface area contributed by atoms with E-state index in [9.17, 15) is 9.59 Å². The molecule has 0 unspecified atom stereocenters. The van der Waals surface area contributed by atoms with E-state index < -0.39 is 12.1 Å². The number of hydrogen-bond donors (Lipinski definition) is 0. The van der Waals surface area contributed by atoms with Gasteiger partial charge in [-0.15, -0.1) is 0 Å². The molecule has 114 valence electrons. The van der Waals surface area contributed by atoms with E-state index in [0.717, 1.165) is 10.8 Å². The quantitative estimate of drug-likeness (QED) is 0.645. The first-order valence-corrected chi connectivity index (χ1v) is 6.70. The fourth-order valence-corrected chi connectivity index (χ4v) is 1.91. The van der Waals surface area contributed by atoms with Crippen LogP contribution in [0.15, 0.2) is 42.5 Å². The van der Waals surface area contributed by atoms with Gasteiger partial charge in [-0.1, -0.05) is 36.4 Å². The van der Waals surface area contributed by atoms with Crippen molar-refractivity contribution in [3.05, 3.63) is 48.0 Å². The largest absolute Gasteiger partial charge is 0.466 e. The van der Waals surface area contributed by atoms with Crippen LogP contribution in [0.25, 0.3) is 16.8 Å². The van der Waals surface area contributed by atoms with Gasteiger partial charge in [0.2, 0.25) is 0 Å². The van der Waals surface area contributed by atoms with Crippen LogP contribution in [0.4, 0.5) is 4.79 Å². The van der Waals surface area contributed by atoms with E-state index in [1.807, 2.05) is 30.3 Å². The van der Waals surface area contributed by atoms with Gasteiger partial charge < -0.3 is 14.4 Å². The second-order valence-corrected chi connectivity index (χ2v) is 4.82. The molecule has 0 radical (unpaired) electrons. The van der Waals surface area contributed by atoms with Crippen LogP contribution in [-0.4, -0.2) is 38.2 Å².